The number of aromatic nitrogens is 2. The molecule has 5 nitrogen and oxygen atoms in total. The molecule has 0 saturated carbocycles. The Balaban J connectivity index is 1.55. The van der Waals surface area contributed by atoms with Crippen molar-refractivity contribution in [3.05, 3.63) is 77.4 Å². The van der Waals surface area contributed by atoms with Gasteiger partial charge in [0.25, 0.3) is 5.91 Å². The first-order valence-corrected chi connectivity index (χ1v) is 8.72. The minimum absolute atomic E-state index is 0.0288. The van der Waals surface area contributed by atoms with Crippen molar-refractivity contribution in [1.29, 1.82) is 0 Å². The van der Waals surface area contributed by atoms with Crippen LogP contribution in [0.2, 0.25) is 0 Å². The maximum atomic E-state index is 14.0. The zero-order chi connectivity index (χ0) is 19.8. The molecule has 1 fully saturated rings. The third-order valence-corrected chi connectivity index (χ3v) is 4.87. The highest BCUT2D eigenvalue weighted by Gasteiger charge is 2.33. The Kier molecular flexibility index (Phi) is 4.54. The molecule has 8 heteroatoms. The Morgan fingerprint density at radius 3 is 2.43 bits per heavy atom. The average Bonchev–Trinajstić information content (AvgIpc) is 3.29. The van der Waals surface area contributed by atoms with Gasteiger partial charge in [-0.3, -0.25) is 4.79 Å². The Bertz CT molecular complexity index is 1010. The molecule has 1 saturated heterocycles. The van der Waals surface area contributed by atoms with E-state index in [2.05, 4.69) is 5.10 Å². The van der Waals surface area contributed by atoms with Crippen molar-refractivity contribution in [2.45, 2.75) is 12.3 Å². The number of benzene rings is 2. The van der Waals surface area contributed by atoms with Crippen LogP contribution in [-0.2, 0) is 0 Å². The summed E-state index contributed by atoms with van der Waals surface area (Å²) in [4.78, 5) is 14.2. The molecule has 28 heavy (non-hydrogen) atoms. The Morgan fingerprint density at radius 1 is 1.07 bits per heavy atom. The molecule has 0 aliphatic carbocycles. The number of hydrogen-bond donors (Lipinski definition) is 1. The molecular weight excluding hydrogens is 371 g/mol. The lowest BCUT2D eigenvalue weighted by Crippen LogP contribution is -2.29. The van der Waals surface area contributed by atoms with Crippen molar-refractivity contribution in [3.8, 4) is 11.4 Å². The van der Waals surface area contributed by atoms with Crippen LogP contribution < -0.4 is 0 Å². The zero-order valence-electron chi connectivity index (χ0n) is 14.6. The summed E-state index contributed by atoms with van der Waals surface area (Å²) in [5, 5.41) is 14.2. The largest absolute Gasteiger partial charge is 0.504 e. The van der Waals surface area contributed by atoms with Gasteiger partial charge >= 0.3 is 0 Å². The lowest BCUT2D eigenvalue weighted by atomic mass is 9.97. The first kappa shape index (κ1) is 18.1. The second-order valence-corrected chi connectivity index (χ2v) is 6.66. The van der Waals surface area contributed by atoms with E-state index < -0.39 is 29.3 Å². The van der Waals surface area contributed by atoms with Gasteiger partial charge in [-0.1, -0.05) is 6.07 Å². The van der Waals surface area contributed by atoms with Gasteiger partial charge in [0, 0.05) is 24.6 Å². The topological polar surface area (TPSA) is 58.4 Å². The van der Waals surface area contributed by atoms with Gasteiger partial charge in [0.1, 0.15) is 17.5 Å². The van der Waals surface area contributed by atoms with Crippen LogP contribution in [0.4, 0.5) is 13.2 Å². The lowest BCUT2D eigenvalue weighted by molar-refractivity contribution is 0.0781. The third-order valence-electron chi connectivity index (χ3n) is 4.87. The molecule has 1 N–H and O–H groups in total. The monoisotopic (exact) mass is 387 g/mol. The number of carbonyl (C=O) groups excluding carboxylic acids is 1. The minimum Gasteiger partial charge on any atom is -0.504 e. The van der Waals surface area contributed by atoms with E-state index in [1.54, 1.807) is 0 Å². The number of halogens is 3. The van der Waals surface area contributed by atoms with Gasteiger partial charge in [0.15, 0.2) is 11.4 Å². The summed E-state index contributed by atoms with van der Waals surface area (Å²) in [6.07, 6.45) is 1.66. The number of hydrogen-bond acceptors (Lipinski definition) is 3. The van der Waals surface area contributed by atoms with E-state index >= 15 is 0 Å². The van der Waals surface area contributed by atoms with Gasteiger partial charge in [-0.2, -0.15) is 5.10 Å². The molecule has 2 aromatic carbocycles. The summed E-state index contributed by atoms with van der Waals surface area (Å²) in [5.74, 6) is -3.01. The summed E-state index contributed by atoms with van der Waals surface area (Å²) in [5.41, 5.74) is 0.279. The van der Waals surface area contributed by atoms with Gasteiger partial charge < -0.3 is 10.0 Å². The van der Waals surface area contributed by atoms with E-state index in [9.17, 15) is 23.1 Å². The maximum absolute atomic E-state index is 14.0. The number of rotatable bonds is 3. The second-order valence-electron chi connectivity index (χ2n) is 6.66. The predicted molar refractivity (Wildman–Crippen MR) is 94.8 cm³/mol. The standard InChI is InChI=1S/C20H16F3N3O2/c21-13-4-6-14(7-5-13)26-11-17(27)19(24-26)20(28)25-9-8-12(10-25)18-15(22)2-1-3-16(18)23/h1-7,11-12,27H,8-10H2. The number of aromatic hydroxyl groups is 1. The molecular formula is C20H16F3N3O2. The number of nitrogens with zero attached hydrogens (tertiary/aromatic N) is 3. The van der Waals surface area contributed by atoms with Gasteiger partial charge in [0.05, 0.1) is 11.9 Å². The maximum Gasteiger partial charge on any atom is 0.278 e. The molecule has 144 valence electrons. The lowest BCUT2D eigenvalue weighted by Gasteiger charge is -2.16. The highest BCUT2D eigenvalue weighted by Crippen LogP contribution is 2.32. The summed E-state index contributed by atoms with van der Waals surface area (Å²) >= 11 is 0. The van der Waals surface area contributed by atoms with Crippen molar-refractivity contribution in [2.24, 2.45) is 0 Å². The fourth-order valence-corrected chi connectivity index (χ4v) is 3.47. The molecule has 3 aromatic rings. The molecule has 1 aliphatic rings. The third kappa shape index (κ3) is 3.21. The van der Waals surface area contributed by atoms with Crippen LogP contribution in [0.25, 0.3) is 5.69 Å². The van der Waals surface area contributed by atoms with Crippen molar-refractivity contribution in [3.63, 3.8) is 0 Å². The number of amides is 1. The Labute approximate surface area is 158 Å². The van der Waals surface area contributed by atoms with Crippen LogP contribution in [0, 0.1) is 17.5 Å². The Hall–Kier alpha value is -3.29. The van der Waals surface area contributed by atoms with Crippen LogP contribution in [-0.4, -0.2) is 38.8 Å². The highest BCUT2D eigenvalue weighted by atomic mass is 19.1. The van der Waals surface area contributed by atoms with Crippen LogP contribution in [0.3, 0.4) is 0 Å². The van der Waals surface area contributed by atoms with Crippen LogP contribution in [0.1, 0.15) is 28.4 Å². The van der Waals surface area contributed by atoms with E-state index in [1.807, 2.05) is 0 Å². The normalized spacial score (nSPS) is 16.5. The van der Waals surface area contributed by atoms with E-state index in [0.29, 0.717) is 18.7 Å². The summed E-state index contributed by atoms with van der Waals surface area (Å²) in [6.45, 7) is 0.416. The molecule has 1 aromatic heterocycles. The molecule has 1 aliphatic heterocycles. The second kappa shape index (κ2) is 7.03. The molecule has 1 unspecified atom stereocenters. The summed E-state index contributed by atoms with van der Waals surface area (Å²) in [7, 11) is 0. The molecule has 0 spiro atoms. The van der Waals surface area contributed by atoms with Gasteiger partial charge in [0.2, 0.25) is 0 Å². The molecule has 0 radical (unpaired) electrons. The van der Waals surface area contributed by atoms with Crippen molar-refractivity contribution < 1.29 is 23.1 Å². The van der Waals surface area contributed by atoms with Crippen molar-refractivity contribution in [2.75, 3.05) is 13.1 Å². The summed E-state index contributed by atoms with van der Waals surface area (Å²) in [6, 6.07) is 9.09. The first-order valence-electron chi connectivity index (χ1n) is 8.72. The van der Waals surface area contributed by atoms with Crippen LogP contribution in [0.15, 0.2) is 48.7 Å². The first-order chi connectivity index (χ1) is 13.4. The van der Waals surface area contributed by atoms with Gasteiger partial charge in [-0.25, -0.2) is 17.9 Å². The van der Waals surface area contributed by atoms with E-state index in [1.165, 1.54) is 58.2 Å². The number of carbonyl (C=O) groups is 1. The number of likely N-dealkylation sites (tertiary alicyclic amines) is 1. The van der Waals surface area contributed by atoms with Crippen molar-refractivity contribution >= 4 is 5.91 Å². The fourth-order valence-electron chi connectivity index (χ4n) is 3.47. The quantitative estimate of drug-likeness (QED) is 0.747. The zero-order valence-corrected chi connectivity index (χ0v) is 14.6. The highest BCUT2D eigenvalue weighted by molar-refractivity contribution is 5.95. The average molecular weight is 387 g/mol. The van der Waals surface area contributed by atoms with Crippen LogP contribution >= 0.6 is 0 Å². The molecule has 0 bridgehead atoms. The van der Waals surface area contributed by atoms with Crippen molar-refractivity contribution in [1.82, 2.24) is 14.7 Å². The molecule has 1 atom stereocenters. The predicted octanol–water partition coefficient (Wildman–Crippen LogP) is 3.62. The molecule has 1 amide bonds. The van der Waals surface area contributed by atoms with E-state index in [4.69, 9.17) is 0 Å². The fraction of sp³-hybridized carbons (Fsp3) is 0.200. The summed E-state index contributed by atoms with van der Waals surface area (Å²) < 4.78 is 42.4. The molecule has 2 heterocycles. The van der Waals surface area contributed by atoms with Crippen LogP contribution in [0.5, 0.6) is 5.75 Å². The molecule has 4 rings (SSSR count). The minimum atomic E-state index is -0.636. The van der Waals surface area contributed by atoms with Gasteiger partial charge in [-0.05, 0) is 42.8 Å². The SMILES string of the molecule is O=C(c1nn(-c2ccc(F)cc2)cc1O)N1CCC(c2c(F)cccc2F)C1. The Morgan fingerprint density at radius 2 is 1.75 bits per heavy atom. The van der Waals surface area contributed by atoms with E-state index in [0.717, 1.165) is 0 Å². The van der Waals surface area contributed by atoms with Gasteiger partial charge in [-0.15, -0.1) is 0 Å². The van der Waals surface area contributed by atoms with E-state index in [-0.39, 0.29) is 23.6 Å². The smallest absolute Gasteiger partial charge is 0.278 e.